The lowest BCUT2D eigenvalue weighted by Gasteiger charge is -2.13. The number of ketones is 1. The van der Waals surface area contributed by atoms with Gasteiger partial charge in [-0.1, -0.05) is 0 Å². The predicted octanol–water partition coefficient (Wildman–Crippen LogP) is 1.49. The van der Waals surface area contributed by atoms with Gasteiger partial charge in [-0.15, -0.1) is 4.40 Å². The number of carbonyl (C=O) groups excluding carboxylic acids is 1. The third-order valence-electron chi connectivity index (χ3n) is 3.00. The van der Waals surface area contributed by atoms with Crippen LogP contribution in [0.1, 0.15) is 10.4 Å². The summed E-state index contributed by atoms with van der Waals surface area (Å²) in [4.78, 5) is 15.8. The Morgan fingerprint density at radius 2 is 2.14 bits per heavy atom. The van der Waals surface area contributed by atoms with Crippen LogP contribution in [0, 0.1) is 0 Å². The first kappa shape index (κ1) is 14.2. The molecule has 1 aromatic heterocycles. The van der Waals surface area contributed by atoms with Gasteiger partial charge in [-0.05, 0) is 24.3 Å². The minimum absolute atomic E-state index is 0.0151. The van der Waals surface area contributed by atoms with E-state index in [1.807, 2.05) is 0 Å². The lowest BCUT2D eigenvalue weighted by Crippen LogP contribution is -2.14. The van der Waals surface area contributed by atoms with E-state index in [1.54, 1.807) is 30.5 Å². The number of fused-ring (bicyclic) bond motifs is 1. The highest BCUT2D eigenvalue weighted by atomic mass is 32.2. The van der Waals surface area contributed by atoms with E-state index in [4.69, 9.17) is 4.74 Å². The van der Waals surface area contributed by atoms with E-state index >= 15 is 0 Å². The van der Waals surface area contributed by atoms with Gasteiger partial charge in [0.05, 0.1) is 5.69 Å². The number of hydrogen-bond acceptors (Lipinski definition) is 6. The smallest absolute Gasteiger partial charge is 0.285 e. The van der Waals surface area contributed by atoms with Crippen molar-refractivity contribution in [3.63, 3.8) is 0 Å². The summed E-state index contributed by atoms with van der Waals surface area (Å²) in [6.07, 6.45) is 4.13. The largest absolute Gasteiger partial charge is 0.485 e. The highest BCUT2D eigenvalue weighted by molar-refractivity contribution is 7.90. The van der Waals surface area contributed by atoms with Gasteiger partial charge in [-0.2, -0.15) is 8.42 Å². The number of benzene rings is 1. The van der Waals surface area contributed by atoms with Gasteiger partial charge in [0.1, 0.15) is 17.0 Å². The molecule has 1 aliphatic rings. The van der Waals surface area contributed by atoms with Gasteiger partial charge in [0.2, 0.25) is 5.78 Å². The summed E-state index contributed by atoms with van der Waals surface area (Å²) in [7, 11) is -3.72. The molecule has 0 spiro atoms. The number of sulfonamides is 1. The van der Waals surface area contributed by atoms with Crippen molar-refractivity contribution in [3.8, 4) is 5.75 Å². The SMILES string of the molecule is O=C(COc1ccc2c(c1)S(=O)(=O)N=CN2)c1cccnc1. The summed E-state index contributed by atoms with van der Waals surface area (Å²) in [6, 6.07) is 7.76. The minimum atomic E-state index is -3.72. The van der Waals surface area contributed by atoms with Gasteiger partial charge < -0.3 is 10.1 Å². The number of hydrogen-bond donors (Lipinski definition) is 1. The number of ether oxygens (including phenoxy) is 1. The number of anilines is 1. The van der Waals surface area contributed by atoms with E-state index in [2.05, 4.69) is 14.7 Å². The van der Waals surface area contributed by atoms with Crippen LogP contribution in [-0.2, 0) is 10.0 Å². The molecule has 0 unspecified atom stereocenters. The van der Waals surface area contributed by atoms with Crippen molar-refractivity contribution in [1.82, 2.24) is 4.98 Å². The van der Waals surface area contributed by atoms with E-state index in [0.717, 1.165) is 6.34 Å². The van der Waals surface area contributed by atoms with Gasteiger partial charge >= 0.3 is 0 Å². The molecule has 0 bridgehead atoms. The molecule has 1 aromatic carbocycles. The van der Waals surface area contributed by atoms with Crippen LogP contribution in [-0.4, -0.2) is 32.1 Å². The second kappa shape index (κ2) is 5.57. The van der Waals surface area contributed by atoms with Crippen LogP contribution in [0.15, 0.2) is 52.0 Å². The van der Waals surface area contributed by atoms with Gasteiger partial charge in [0, 0.05) is 24.0 Å². The summed E-state index contributed by atoms with van der Waals surface area (Å²) >= 11 is 0. The minimum Gasteiger partial charge on any atom is -0.485 e. The fraction of sp³-hybridized carbons (Fsp3) is 0.0714. The molecular formula is C14H11N3O4S. The summed E-state index contributed by atoms with van der Waals surface area (Å²) in [5.74, 6) is 0.0308. The second-order valence-electron chi connectivity index (χ2n) is 4.47. The van der Waals surface area contributed by atoms with Crippen molar-refractivity contribution in [2.45, 2.75) is 4.90 Å². The van der Waals surface area contributed by atoms with Crippen molar-refractivity contribution in [3.05, 3.63) is 48.3 Å². The van der Waals surface area contributed by atoms with Gasteiger partial charge in [-0.3, -0.25) is 9.78 Å². The van der Waals surface area contributed by atoms with Crippen molar-refractivity contribution in [2.24, 2.45) is 4.40 Å². The fourth-order valence-electron chi connectivity index (χ4n) is 1.91. The average Bonchev–Trinajstić information content (AvgIpc) is 2.53. The molecule has 0 fully saturated rings. The summed E-state index contributed by atoms with van der Waals surface area (Å²) in [5, 5.41) is 2.73. The molecular weight excluding hydrogens is 306 g/mol. The molecule has 8 heteroatoms. The van der Waals surface area contributed by atoms with Crippen LogP contribution < -0.4 is 10.1 Å². The van der Waals surface area contributed by atoms with Crippen LogP contribution in [0.2, 0.25) is 0 Å². The Kier molecular flexibility index (Phi) is 3.60. The van der Waals surface area contributed by atoms with Crippen LogP contribution >= 0.6 is 0 Å². The van der Waals surface area contributed by atoms with Crippen molar-refractivity contribution in [2.75, 3.05) is 11.9 Å². The van der Waals surface area contributed by atoms with Crippen molar-refractivity contribution < 1.29 is 17.9 Å². The number of aromatic nitrogens is 1. The highest BCUT2D eigenvalue weighted by Crippen LogP contribution is 2.29. The molecule has 112 valence electrons. The number of pyridine rings is 1. The Morgan fingerprint density at radius 3 is 2.91 bits per heavy atom. The Morgan fingerprint density at radius 1 is 1.27 bits per heavy atom. The van der Waals surface area contributed by atoms with E-state index in [9.17, 15) is 13.2 Å². The maximum absolute atomic E-state index is 11.9. The zero-order valence-corrected chi connectivity index (χ0v) is 12.1. The zero-order chi connectivity index (χ0) is 15.6. The molecule has 0 saturated heterocycles. The van der Waals surface area contributed by atoms with Crippen LogP contribution in [0.4, 0.5) is 5.69 Å². The first-order valence-electron chi connectivity index (χ1n) is 6.32. The summed E-state index contributed by atoms with van der Waals surface area (Å²) < 4.78 is 32.4. The monoisotopic (exact) mass is 317 g/mol. The predicted molar refractivity (Wildman–Crippen MR) is 79.8 cm³/mol. The number of nitrogens with zero attached hydrogens (tertiary/aromatic N) is 2. The normalized spacial score (nSPS) is 14.7. The third kappa shape index (κ3) is 2.82. The molecule has 22 heavy (non-hydrogen) atoms. The van der Waals surface area contributed by atoms with Crippen molar-refractivity contribution in [1.29, 1.82) is 0 Å². The molecule has 1 aliphatic heterocycles. The summed E-state index contributed by atoms with van der Waals surface area (Å²) in [6.45, 7) is -0.207. The first-order valence-corrected chi connectivity index (χ1v) is 7.76. The van der Waals surface area contributed by atoms with Crippen LogP contribution in [0.5, 0.6) is 5.75 Å². The van der Waals surface area contributed by atoms with Crippen LogP contribution in [0.25, 0.3) is 0 Å². The average molecular weight is 317 g/mol. The molecule has 3 rings (SSSR count). The van der Waals surface area contributed by atoms with E-state index in [0.29, 0.717) is 11.3 Å². The van der Waals surface area contributed by atoms with E-state index < -0.39 is 10.0 Å². The molecule has 0 saturated carbocycles. The Hall–Kier alpha value is -2.74. The maximum Gasteiger partial charge on any atom is 0.285 e. The van der Waals surface area contributed by atoms with E-state index in [1.165, 1.54) is 12.3 Å². The molecule has 0 radical (unpaired) electrons. The van der Waals surface area contributed by atoms with Crippen molar-refractivity contribution >= 4 is 27.8 Å². The molecule has 0 atom stereocenters. The molecule has 1 N–H and O–H groups in total. The lowest BCUT2D eigenvalue weighted by molar-refractivity contribution is 0.0921. The van der Waals surface area contributed by atoms with Gasteiger partial charge in [0.25, 0.3) is 10.0 Å². The summed E-state index contributed by atoms with van der Waals surface area (Å²) in [5.41, 5.74) is 0.847. The number of rotatable bonds is 4. The molecule has 0 amide bonds. The third-order valence-corrected chi connectivity index (χ3v) is 4.27. The van der Waals surface area contributed by atoms with Gasteiger partial charge in [-0.25, -0.2) is 0 Å². The lowest BCUT2D eigenvalue weighted by atomic mass is 10.2. The fourth-order valence-corrected chi connectivity index (χ4v) is 2.88. The quantitative estimate of drug-likeness (QED) is 0.858. The van der Waals surface area contributed by atoms with Crippen LogP contribution in [0.3, 0.4) is 0 Å². The number of nitrogens with one attached hydrogen (secondary N) is 1. The molecule has 7 nitrogen and oxygen atoms in total. The molecule has 0 aliphatic carbocycles. The standard InChI is InChI=1S/C14H11N3O4S/c18-13(10-2-1-5-15-7-10)8-21-11-3-4-12-14(6-11)22(19,20)17-9-16-12/h1-7,9H,8H2,(H,16,17). The topological polar surface area (TPSA) is 97.7 Å². The second-order valence-corrected chi connectivity index (χ2v) is 6.07. The zero-order valence-electron chi connectivity index (χ0n) is 11.3. The Labute approximate surface area is 126 Å². The van der Waals surface area contributed by atoms with E-state index in [-0.39, 0.29) is 23.0 Å². The maximum atomic E-state index is 11.9. The van der Waals surface area contributed by atoms with Gasteiger partial charge in [0.15, 0.2) is 6.61 Å². The molecule has 2 heterocycles. The molecule has 2 aromatic rings. The Bertz CT molecular complexity index is 848. The number of Topliss-reactive ketones (excluding diaryl/α,β-unsaturated/α-hetero) is 1. The highest BCUT2D eigenvalue weighted by Gasteiger charge is 2.21. The number of carbonyl (C=O) groups is 1. The Balaban J connectivity index is 1.77. The first-order chi connectivity index (χ1) is 10.6.